The quantitative estimate of drug-likeness (QED) is 0.657. The monoisotopic (exact) mass is 399 g/mol. The first kappa shape index (κ1) is 18.9. The van der Waals surface area contributed by atoms with E-state index in [1.165, 1.54) is 5.56 Å². The fraction of sp³-hybridized carbons (Fsp3) is 0.375. The largest absolute Gasteiger partial charge is 0.336 e. The standard InChI is InChI=1S/C24H25N5O/c1-16-13-20(27-17(2)26-16)23(30)29-12-6-10-24(15-29)11-9-19-14-25-22(28-21(19)24)18-7-4-3-5-8-18/h3-5,7-8,13-14H,6,9-12,15H2,1-2H3. The van der Waals surface area contributed by atoms with E-state index in [1.54, 1.807) is 6.07 Å². The number of benzene rings is 1. The SMILES string of the molecule is Cc1cc(C(=O)N2CCCC3(CCc4cnc(-c5ccccc5)nc43)C2)nc(C)n1. The zero-order valence-electron chi connectivity index (χ0n) is 17.4. The molecule has 1 fully saturated rings. The molecule has 1 amide bonds. The van der Waals surface area contributed by atoms with E-state index in [-0.39, 0.29) is 11.3 Å². The third-order valence-corrected chi connectivity index (χ3v) is 6.32. The molecule has 0 N–H and O–H groups in total. The van der Waals surface area contributed by atoms with Crippen molar-refractivity contribution in [3.8, 4) is 11.4 Å². The van der Waals surface area contributed by atoms with Crippen molar-refractivity contribution in [2.75, 3.05) is 13.1 Å². The third kappa shape index (κ3) is 3.26. The molecule has 0 saturated carbocycles. The molecule has 1 aromatic carbocycles. The molecular formula is C24H25N5O. The number of nitrogens with zero attached hydrogens (tertiary/aromatic N) is 5. The molecule has 3 heterocycles. The smallest absolute Gasteiger partial charge is 0.272 e. The van der Waals surface area contributed by atoms with Gasteiger partial charge in [0.2, 0.25) is 0 Å². The van der Waals surface area contributed by atoms with Crippen LogP contribution in [0.25, 0.3) is 11.4 Å². The van der Waals surface area contributed by atoms with Gasteiger partial charge in [-0.2, -0.15) is 0 Å². The van der Waals surface area contributed by atoms with Crippen LogP contribution in [0, 0.1) is 13.8 Å². The van der Waals surface area contributed by atoms with Crippen LogP contribution in [-0.2, 0) is 11.8 Å². The minimum absolute atomic E-state index is 0.00605. The maximum Gasteiger partial charge on any atom is 0.272 e. The summed E-state index contributed by atoms with van der Waals surface area (Å²) < 4.78 is 0. The average molecular weight is 399 g/mol. The van der Waals surface area contributed by atoms with Gasteiger partial charge in [-0.05, 0) is 51.2 Å². The lowest BCUT2D eigenvalue weighted by Gasteiger charge is -2.40. The van der Waals surface area contributed by atoms with E-state index in [4.69, 9.17) is 4.98 Å². The summed E-state index contributed by atoms with van der Waals surface area (Å²) in [6, 6.07) is 11.9. The summed E-state index contributed by atoms with van der Waals surface area (Å²) in [5, 5.41) is 0. The Bertz CT molecular complexity index is 1090. The van der Waals surface area contributed by atoms with Gasteiger partial charge in [-0.1, -0.05) is 30.3 Å². The van der Waals surface area contributed by atoms with E-state index < -0.39 is 0 Å². The Morgan fingerprint density at radius 3 is 2.70 bits per heavy atom. The van der Waals surface area contributed by atoms with E-state index in [0.29, 0.717) is 18.1 Å². The van der Waals surface area contributed by atoms with E-state index in [1.807, 2.05) is 55.3 Å². The number of piperidine rings is 1. The molecule has 1 aliphatic heterocycles. The highest BCUT2D eigenvalue weighted by Crippen LogP contribution is 2.44. The maximum absolute atomic E-state index is 13.2. The summed E-state index contributed by atoms with van der Waals surface area (Å²) in [6.07, 6.45) is 5.99. The predicted octanol–water partition coefficient (Wildman–Crippen LogP) is 3.67. The first-order chi connectivity index (χ1) is 14.5. The number of amides is 1. The number of aromatic nitrogens is 4. The van der Waals surface area contributed by atoms with Crippen molar-refractivity contribution in [3.05, 3.63) is 71.1 Å². The van der Waals surface area contributed by atoms with Crippen molar-refractivity contribution in [1.29, 1.82) is 0 Å². The van der Waals surface area contributed by atoms with Gasteiger partial charge in [0, 0.05) is 36.0 Å². The van der Waals surface area contributed by atoms with Crippen LogP contribution in [0.15, 0.2) is 42.6 Å². The Morgan fingerprint density at radius 1 is 1.07 bits per heavy atom. The van der Waals surface area contributed by atoms with Gasteiger partial charge >= 0.3 is 0 Å². The zero-order chi connectivity index (χ0) is 20.7. The summed E-state index contributed by atoms with van der Waals surface area (Å²) in [4.78, 5) is 33.5. The summed E-state index contributed by atoms with van der Waals surface area (Å²) in [6.45, 7) is 5.18. The van der Waals surface area contributed by atoms with Crippen LogP contribution in [0.1, 0.15) is 52.5 Å². The van der Waals surface area contributed by atoms with Gasteiger partial charge < -0.3 is 4.90 Å². The van der Waals surface area contributed by atoms with E-state index in [0.717, 1.165) is 55.0 Å². The lowest BCUT2D eigenvalue weighted by atomic mass is 9.77. The molecule has 30 heavy (non-hydrogen) atoms. The van der Waals surface area contributed by atoms with Crippen molar-refractivity contribution >= 4 is 5.91 Å². The fourth-order valence-corrected chi connectivity index (χ4v) is 4.96. The summed E-state index contributed by atoms with van der Waals surface area (Å²) in [5.74, 6) is 1.39. The zero-order valence-corrected chi connectivity index (χ0v) is 17.4. The van der Waals surface area contributed by atoms with E-state index >= 15 is 0 Å². The minimum Gasteiger partial charge on any atom is -0.336 e. The Morgan fingerprint density at radius 2 is 1.90 bits per heavy atom. The number of hydrogen-bond acceptors (Lipinski definition) is 5. The van der Waals surface area contributed by atoms with Crippen LogP contribution in [-0.4, -0.2) is 43.8 Å². The molecule has 2 aliphatic rings. The van der Waals surface area contributed by atoms with Crippen LogP contribution >= 0.6 is 0 Å². The average Bonchev–Trinajstić information content (AvgIpc) is 3.10. The normalized spacial score (nSPS) is 20.4. The van der Waals surface area contributed by atoms with Crippen molar-refractivity contribution in [1.82, 2.24) is 24.8 Å². The third-order valence-electron chi connectivity index (χ3n) is 6.32. The van der Waals surface area contributed by atoms with Gasteiger partial charge in [0.05, 0.1) is 5.69 Å². The van der Waals surface area contributed by atoms with E-state index in [9.17, 15) is 4.79 Å². The first-order valence-electron chi connectivity index (χ1n) is 10.6. The molecule has 6 nitrogen and oxygen atoms in total. The van der Waals surface area contributed by atoms with Crippen molar-refractivity contribution in [2.24, 2.45) is 0 Å². The molecule has 1 atom stereocenters. The highest BCUT2D eigenvalue weighted by atomic mass is 16.2. The molecule has 1 aliphatic carbocycles. The van der Waals surface area contributed by atoms with E-state index in [2.05, 4.69) is 15.0 Å². The molecule has 0 bridgehead atoms. The maximum atomic E-state index is 13.2. The Hall–Kier alpha value is -3.15. The fourth-order valence-electron chi connectivity index (χ4n) is 4.96. The molecule has 0 radical (unpaired) electrons. The van der Waals surface area contributed by atoms with Gasteiger partial charge in [-0.15, -0.1) is 0 Å². The van der Waals surface area contributed by atoms with Crippen LogP contribution in [0.3, 0.4) is 0 Å². The van der Waals surface area contributed by atoms with Crippen LogP contribution in [0.2, 0.25) is 0 Å². The van der Waals surface area contributed by atoms with Gasteiger partial charge in [0.15, 0.2) is 5.82 Å². The first-order valence-corrected chi connectivity index (χ1v) is 10.6. The second-order valence-corrected chi connectivity index (χ2v) is 8.49. The van der Waals surface area contributed by atoms with Crippen molar-refractivity contribution < 1.29 is 4.79 Å². The summed E-state index contributed by atoms with van der Waals surface area (Å²) >= 11 is 0. The Kier molecular flexibility index (Phi) is 4.57. The number of carbonyl (C=O) groups is 1. The number of fused-ring (bicyclic) bond motifs is 2. The summed E-state index contributed by atoms with van der Waals surface area (Å²) in [7, 11) is 0. The number of rotatable bonds is 2. The molecular weight excluding hydrogens is 374 g/mol. The Labute approximate surface area is 176 Å². The number of hydrogen-bond donors (Lipinski definition) is 0. The lowest BCUT2D eigenvalue weighted by molar-refractivity contribution is 0.0627. The topological polar surface area (TPSA) is 71.9 Å². The lowest BCUT2D eigenvalue weighted by Crippen LogP contribution is -2.48. The molecule has 6 heteroatoms. The van der Waals surface area contributed by atoms with Gasteiger partial charge in [-0.25, -0.2) is 19.9 Å². The molecule has 1 spiro atoms. The number of carbonyl (C=O) groups excluding carboxylic acids is 1. The van der Waals surface area contributed by atoms with Gasteiger partial charge in [0.1, 0.15) is 11.5 Å². The highest BCUT2D eigenvalue weighted by molar-refractivity contribution is 5.92. The minimum atomic E-state index is -0.0904. The molecule has 5 rings (SSSR count). The molecule has 152 valence electrons. The van der Waals surface area contributed by atoms with Crippen molar-refractivity contribution in [2.45, 2.75) is 44.9 Å². The Balaban J connectivity index is 1.47. The number of aryl methyl sites for hydroxylation is 3. The van der Waals surface area contributed by atoms with Gasteiger partial charge in [0.25, 0.3) is 5.91 Å². The molecule has 1 saturated heterocycles. The summed E-state index contributed by atoms with van der Waals surface area (Å²) in [5.41, 5.74) is 4.60. The van der Waals surface area contributed by atoms with Crippen molar-refractivity contribution in [3.63, 3.8) is 0 Å². The number of likely N-dealkylation sites (tertiary alicyclic amines) is 1. The second-order valence-electron chi connectivity index (χ2n) is 8.49. The predicted molar refractivity (Wildman–Crippen MR) is 114 cm³/mol. The second kappa shape index (κ2) is 7.27. The molecule has 3 aromatic rings. The highest BCUT2D eigenvalue weighted by Gasteiger charge is 2.45. The van der Waals surface area contributed by atoms with Crippen LogP contribution in [0.4, 0.5) is 0 Å². The van der Waals surface area contributed by atoms with Crippen LogP contribution in [0.5, 0.6) is 0 Å². The molecule has 2 aromatic heterocycles. The van der Waals surface area contributed by atoms with Crippen LogP contribution < -0.4 is 0 Å². The molecule has 1 unspecified atom stereocenters. The van der Waals surface area contributed by atoms with Gasteiger partial charge in [-0.3, -0.25) is 4.79 Å².